The van der Waals surface area contributed by atoms with Gasteiger partial charge in [-0.05, 0) is 0 Å². The molecule has 0 aromatic carbocycles. The van der Waals surface area contributed by atoms with E-state index < -0.39 is 30.0 Å². The molecule has 0 amide bonds. The van der Waals surface area contributed by atoms with Crippen LogP contribution in [0.15, 0.2) is 24.3 Å². The summed E-state index contributed by atoms with van der Waals surface area (Å²) in [4.78, 5) is 58.5. The first-order valence-electron chi connectivity index (χ1n) is 7.97. The molecule has 0 N–H and O–H groups in total. The van der Waals surface area contributed by atoms with Crippen LogP contribution in [0.1, 0.15) is 6.42 Å². The zero-order valence-electron chi connectivity index (χ0n) is 15.0. The molecule has 1 aliphatic rings. The van der Waals surface area contributed by atoms with Gasteiger partial charge in [0.25, 0.3) is 0 Å². The number of ether oxygens (including phenoxy) is 4. The van der Waals surface area contributed by atoms with Gasteiger partial charge in [-0.1, -0.05) is 0 Å². The van der Waals surface area contributed by atoms with Crippen molar-refractivity contribution in [2.75, 3.05) is 40.5 Å². The minimum atomic E-state index is -0.874. The molecular formula is C17H21NO9. The Morgan fingerprint density at radius 1 is 0.963 bits per heavy atom. The number of rotatable bonds is 9. The zero-order valence-corrected chi connectivity index (χ0v) is 15.0. The van der Waals surface area contributed by atoms with Gasteiger partial charge >= 0.3 is 23.9 Å². The fourth-order valence-corrected chi connectivity index (χ4v) is 2.09. The molecule has 0 aromatic rings. The summed E-state index contributed by atoms with van der Waals surface area (Å²) in [6, 6.07) is 0. The van der Waals surface area contributed by atoms with E-state index in [-0.39, 0.29) is 25.5 Å². The van der Waals surface area contributed by atoms with Crippen LogP contribution < -0.4 is 0 Å². The molecule has 10 heteroatoms. The van der Waals surface area contributed by atoms with Crippen LogP contribution in [0.4, 0.5) is 0 Å². The van der Waals surface area contributed by atoms with E-state index >= 15 is 0 Å². The van der Waals surface area contributed by atoms with Gasteiger partial charge in [0.1, 0.15) is 18.5 Å². The van der Waals surface area contributed by atoms with Crippen LogP contribution in [-0.4, -0.2) is 81.1 Å². The number of hydrogen-bond acceptors (Lipinski definition) is 10. The fraction of sp³-hybridized carbons (Fsp3) is 0.471. The van der Waals surface area contributed by atoms with Gasteiger partial charge in [-0.3, -0.25) is 9.69 Å². The van der Waals surface area contributed by atoms with Gasteiger partial charge in [0.2, 0.25) is 0 Å². The average Bonchev–Trinajstić information content (AvgIpc) is 3.06. The van der Waals surface area contributed by atoms with Crippen LogP contribution in [0.25, 0.3) is 0 Å². The number of hydrogen-bond donors (Lipinski definition) is 0. The third kappa shape index (κ3) is 9.31. The van der Waals surface area contributed by atoms with Crippen molar-refractivity contribution in [3.63, 3.8) is 0 Å². The second kappa shape index (κ2) is 11.6. The molecule has 148 valence electrons. The summed E-state index contributed by atoms with van der Waals surface area (Å²) < 4.78 is 18.8. The average molecular weight is 383 g/mol. The number of nitrogens with zero attached hydrogens (tertiary/aromatic N) is 1. The van der Waals surface area contributed by atoms with Crippen LogP contribution in [-0.2, 0) is 42.9 Å². The third-order valence-electron chi connectivity index (χ3n) is 3.38. The number of methoxy groups -OCH3 is 2. The predicted molar refractivity (Wildman–Crippen MR) is 89.2 cm³/mol. The lowest BCUT2D eigenvalue weighted by molar-refractivity contribution is -0.153. The van der Waals surface area contributed by atoms with E-state index in [1.807, 2.05) is 0 Å². The summed E-state index contributed by atoms with van der Waals surface area (Å²) in [6.45, 7) is 0.577. The summed E-state index contributed by atoms with van der Waals surface area (Å²) in [5.74, 6) is -3.06. The highest BCUT2D eigenvalue weighted by molar-refractivity contribution is 5.92. The van der Waals surface area contributed by atoms with E-state index in [2.05, 4.69) is 9.47 Å². The van der Waals surface area contributed by atoms with Crippen molar-refractivity contribution in [1.29, 1.82) is 0 Å². The lowest BCUT2D eigenvalue weighted by Crippen LogP contribution is -2.37. The van der Waals surface area contributed by atoms with E-state index in [0.29, 0.717) is 13.0 Å². The molecule has 0 radical (unpaired) electrons. The Kier molecular flexibility index (Phi) is 9.45. The summed E-state index contributed by atoms with van der Waals surface area (Å²) in [7, 11) is 2.32. The maximum atomic E-state index is 11.8. The predicted octanol–water partition coefficient (Wildman–Crippen LogP) is -0.825. The molecule has 0 bridgehead atoms. The highest BCUT2D eigenvalue weighted by atomic mass is 16.6. The second-order valence-corrected chi connectivity index (χ2v) is 5.43. The molecule has 10 nitrogen and oxygen atoms in total. The van der Waals surface area contributed by atoms with Crippen LogP contribution >= 0.6 is 0 Å². The lowest BCUT2D eigenvalue weighted by Gasteiger charge is -2.22. The van der Waals surface area contributed by atoms with Crippen molar-refractivity contribution in [3.8, 4) is 0 Å². The van der Waals surface area contributed by atoms with Crippen molar-refractivity contribution in [2.45, 2.75) is 12.5 Å². The first-order chi connectivity index (χ1) is 12.8. The Hall–Kier alpha value is -3.01. The number of likely N-dealkylation sites (tertiary alicyclic amines) is 1. The zero-order chi connectivity index (χ0) is 20.2. The Morgan fingerprint density at radius 2 is 1.52 bits per heavy atom. The van der Waals surface area contributed by atoms with Gasteiger partial charge in [0, 0.05) is 43.8 Å². The van der Waals surface area contributed by atoms with Gasteiger partial charge in [0.15, 0.2) is 0 Å². The van der Waals surface area contributed by atoms with Crippen molar-refractivity contribution in [1.82, 2.24) is 4.90 Å². The molecule has 1 fully saturated rings. The summed E-state index contributed by atoms with van der Waals surface area (Å²) in [6.07, 6.45) is 3.06. The molecule has 1 rings (SSSR count). The Balaban J connectivity index is 2.62. The quantitative estimate of drug-likeness (QED) is 0.283. The van der Waals surface area contributed by atoms with Gasteiger partial charge in [0.05, 0.1) is 20.8 Å². The van der Waals surface area contributed by atoms with E-state index in [1.165, 1.54) is 0 Å². The van der Waals surface area contributed by atoms with Crippen LogP contribution in [0.5, 0.6) is 0 Å². The fourth-order valence-electron chi connectivity index (χ4n) is 2.09. The first kappa shape index (κ1) is 22.0. The van der Waals surface area contributed by atoms with E-state index in [9.17, 15) is 24.0 Å². The normalized spacial score (nSPS) is 15.7. The van der Waals surface area contributed by atoms with Crippen LogP contribution in [0, 0.1) is 0 Å². The monoisotopic (exact) mass is 383 g/mol. The highest BCUT2D eigenvalue weighted by Gasteiger charge is 2.25. The van der Waals surface area contributed by atoms with Gasteiger partial charge < -0.3 is 18.9 Å². The molecule has 0 saturated carbocycles. The molecule has 1 aliphatic heterocycles. The summed E-state index contributed by atoms with van der Waals surface area (Å²) in [5.41, 5.74) is 0. The van der Waals surface area contributed by atoms with Gasteiger partial charge in [-0.15, -0.1) is 0 Å². The first-order valence-corrected chi connectivity index (χ1v) is 7.97. The minimum Gasteiger partial charge on any atom is -0.466 e. The molecule has 1 heterocycles. The number of carbonyl (C=O) groups excluding carboxylic acids is 5. The smallest absolute Gasteiger partial charge is 0.331 e. The Labute approximate surface area is 155 Å². The maximum Gasteiger partial charge on any atom is 0.331 e. The maximum absolute atomic E-state index is 11.8. The van der Waals surface area contributed by atoms with Crippen molar-refractivity contribution >= 4 is 29.7 Å². The van der Waals surface area contributed by atoms with Crippen molar-refractivity contribution in [2.24, 2.45) is 0 Å². The molecule has 1 saturated heterocycles. The number of ketones is 1. The molecule has 1 unspecified atom stereocenters. The molecular weight excluding hydrogens is 362 g/mol. The molecule has 27 heavy (non-hydrogen) atoms. The Bertz CT molecular complexity index is 638. The topological polar surface area (TPSA) is 126 Å². The third-order valence-corrected chi connectivity index (χ3v) is 3.38. The van der Waals surface area contributed by atoms with Crippen molar-refractivity contribution < 1.29 is 42.9 Å². The van der Waals surface area contributed by atoms with Crippen LogP contribution in [0.2, 0.25) is 0 Å². The molecule has 0 aromatic heterocycles. The van der Waals surface area contributed by atoms with Gasteiger partial charge in [-0.2, -0.15) is 0 Å². The van der Waals surface area contributed by atoms with Crippen LogP contribution in [0.3, 0.4) is 0 Å². The highest BCUT2D eigenvalue weighted by Crippen LogP contribution is 2.08. The SMILES string of the molecule is COC(=O)/C=C/C(=O)OCC(CN1CCC(=O)C1)OC(=O)/C=C/C(=O)OC. The number of esters is 4. The van der Waals surface area contributed by atoms with Crippen molar-refractivity contribution in [3.05, 3.63) is 24.3 Å². The number of Topliss-reactive ketones (excluding diaryl/α,β-unsaturated/α-hetero) is 1. The standard InChI is InChI=1S/C17H21NO9/c1-24-14(20)3-5-16(22)26-11-13(10-18-8-7-12(19)9-18)27-17(23)6-4-15(21)25-2/h3-6,13H,7-11H2,1-2H3/b5-3+,6-4+. The summed E-state index contributed by atoms with van der Waals surface area (Å²) >= 11 is 0. The number of carbonyl (C=O) groups is 5. The minimum absolute atomic E-state index is 0.0590. The largest absolute Gasteiger partial charge is 0.466 e. The van der Waals surface area contributed by atoms with E-state index in [1.54, 1.807) is 4.90 Å². The Morgan fingerprint density at radius 3 is 2.04 bits per heavy atom. The molecule has 1 atom stereocenters. The molecule has 0 aliphatic carbocycles. The second-order valence-electron chi connectivity index (χ2n) is 5.43. The lowest BCUT2D eigenvalue weighted by atomic mass is 10.3. The van der Waals surface area contributed by atoms with Gasteiger partial charge in [-0.25, -0.2) is 19.2 Å². The summed E-state index contributed by atoms with van der Waals surface area (Å²) in [5, 5.41) is 0. The van der Waals surface area contributed by atoms with E-state index in [0.717, 1.165) is 38.5 Å². The molecule has 0 spiro atoms. The van der Waals surface area contributed by atoms with E-state index in [4.69, 9.17) is 9.47 Å².